The van der Waals surface area contributed by atoms with Crippen molar-refractivity contribution in [3.8, 4) is 5.75 Å². The molecular weight excluding hydrogens is 462 g/mol. The topological polar surface area (TPSA) is 103 Å². The van der Waals surface area contributed by atoms with Crippen molar-refractivity contribution >= 4 is 49.5 Å². The standard InChI is InChI=1S/C22H27N5O4S2/c1-31-17-13-32-20-18(17)19(23-15-5-3-4-6-16(15)24-20)27-11-9-26(10-12-27)14-22(7-8-22)21(28)25-33(2,29)30/h3-6,13,24H,7-12,14H2,1-2H3,(H,25,28). The summed E-state index contributed by atoms with van der Waals surface area (Å²) in [5.74, 6) is 1.30. The van der Waals surface area contributed by atoms with Crippen LogP contribution in [0.1, 0.15) is 18.4 Å². The van der Waals surface area contributed by atoms with Gasteiger partial charge in [-0.2, -0.15) is 0 Å². The average Bonchev–Trinajstić information content (AvgIpc) is 3.49. The van der Waals surface area contributed by atoms with E-state index in [4.69, 9.17) is 9.73 Å². The minimum atomic E-state index is -3.55. The molecule has 2 fully saturated rings. The number of thiophene rings is 1. The van der Waals surface area contributed by atoms with E-state index in [9.17, 15) is 13.2 Å². The van der Waals surface area contributed by atoms with Gasteiger partial charge in [-0.15, -0.1) is 11.3 Å². The molecule has 9 nitrogen and oxygen atoms in total. The lowest BCUT2D eigenvalue weighted by Gasteiger charge is -2.37. The van der Waals surface area contributed by atoms with Gasteiger partial charge in [0.2, 0.25) is 15.9 Å². The van der Waals surface area contributed by atoms with Crippen LogP contribution >= 0.6 is 11.3 Å². The molecule has 0 bridgehead atoms. The summed E-state index contributed by atoms with van der Waals surface area (Å²) in [7, 11) is -1.87. The summed E-state index contributed by atoms with van der Waals surface area (Å²) in [5.41, 5.74) is 2.23. The van der Waals surface area contributed by atoms with Gasteiger partial charge in [0.1, 0.15) is 16.6 Å². The number of carbonyl (C=O) groups is 1. The number of amidine groups is 1. The molecular formula is C22H27N5O4S2. The Morgan fingerprint density at radius 2 is 1.97 bits per heavy atom. The number of hydrogen-bond acceptors (Lipinski definition) is 9. The van der Waals surface area contributed by atoms with Gasteiger partial charge in [0, 0.05) is 38.1 Å². The van der Waals surface area contributed by atoms with Gasteiger partial charge in [-0.05, 0) is 25.0 Å². The molecule has 5 rings (SSSR count). The maximum absolute atomic E-state index is 12.5. The number of hydrogen-bond donors (Lipinski definition) is 2. The van der Waals surface area contributed by atoms with Gasteiger partial charge in [-0.25, -0.2) is 13.4 Å². The third kappa shape index (κ3) is 4.44. The number of anilines is 2. The highest BCUT2D eigenvalue weighted by atomic mass is 32.2. The first-order chi connectivity index (χ1) is 15.8. The second-order valence-corrected chi connectivity index (χ2v) is 11.5. The molecule has 1 aliphatic carbocycles. The fourth-order valence-corrected chi connectivity index (χ4v) is 5.90. The van der Waals surface area contributed by atoms with Gasteiger partial charge in [-0.3, -0.25) is 14.4 Å². The van der Waals surface area contributed by atoms with Crippen molar-refractivity contribution < 1.29 is 17.9 Å². The van der Waals surface area contributed by atoms with Gasteiger partial charge < -0.3 is 15.0 Å². The van der Waals surface area contributed by atoms with Crippen molar-refractivity contribution in [3.63, 3.8) is 0 Å². The van der Waals surface area contributed by atoms with E-state index < -0.39 is 15.4 Å². The number of para-hydroxylation sites is 2. The summed E-state index contributed by atoms with van der Waals surface area (Å²) >= 11 is 1.60. The molecule has 0 atom stereocenters. The van der Waals surface area contributed by atoms with Crippen LogP contribution < -0.4 is 14.8 Å². The molecule has 0 radical (unpaired) electrons. The number of rotatable bonds is 5. The van der Waals surface area contributed by atoms with E-state index in [1.165, 1.54) is 0 Å². The zero-order chi connectivity index (χ0) is 23.2. The number of fused-ring (bicyclic) bond motifs is 2. The normalized spacial score (nSPS) is 19.5. The van der Waals surface area contributed by atoms with Crippen molar-refractivity contribution in [2.45, 2.75) is 12.8 Å². The molecule has 1 aromatic heterocycles. The Morgan fingerprint density at radius 3 is 2.64 bits per heavy atom. The summed E-state index contributed by atoms with van der Waals surface area (Å²) in [4.78, 5) is 22.0. The van der Waals surface area contributed by atoms with Crippen LogP contribution in [0.25, 0.3) is 0 Å². The number of sulfonamides is 1. The van der Waals surface area contributed by atoms with Gasteiger partial charge >= 0.3 is 0 Å². The van der Waals surface area contributed by atoms with Gasteiger partial charge in [0.15, 0.2) is 0 Å². The fraction of sp³-hybridized carbons (Fsp3) is 0.455. The van der Waals surface area contributed by atoms with Crippen LogP contribution in [0, 0.1) is 5.41 Å². The summed E-state index contributed by atoms with van der Waals surface area (Å²) in [6.45, 7) is 3.62. The van der Waals surface area contributed by atoms with Gasteiger partial charge in [-0.1, -0.05) is 12.1 Å². The van der Waals surface area contributed by atoms with E-state index >= 15 is 0 Å². The molecule has 1 amide bonds. The molecule has 2 aromatic rings. The van der Waals surface area contributed by atoms with Crippen molar-refractivity contribution in [1.29, 1.82) is 0 Å². The second kappa shape index (κ2) is 8.30. The van der Waals surface area contributed by atoms with Crippen LogP contribution in [0.3, 0.4) is 0 Å². The van der Waals surface area contributed by atoms with Crippen LogP contribution in [0.2, 0.25) is 0 Å². The molecule has 0 spiro atoms. The Balaban J connectivity index is 1.33. The monoisotopic (exact) mass is 489 g/mol. The van der Waals surface area contributed by atoms with Crippen LogP contribution in [-0.4, -0.2) is 76.0 Å². The molecule has 3 heterocycles. The van der Waals surface area contributed by atoms with Crippen LogP contribution in [0.5, 0.6) is 5.75 Å². The molecule has 1 saturated heterocycles. The van der Waals surface area contributed by atoms with E-state index in [1.54, 1.807) is 18.4 Å². The Labute approximate surface area is 197 Å². The molecule has 33 heavy (non-hydrogen) atoms. The number of benzene rings is 1. The highest BCUT2D eigenvalue weighted by Gasteiger charge is 2.51. The van der Waals surface area contributed by atoms with Crippen molar-refractivity contribution in [1.82, 2.24) is 14.5 Å². The maximum atomic E-state index is 12.5. The molecule has 0 unspecified atom stereocenters. The van der Waals surface area contributed by atoms with E-state index in [-0.39, 0.29) is 5.91 Å². The van der Waals surface area contributed by atoms with E-state index in [0.29, 0.717) is 6.54 Å². The zero-order valence-electron chi connectivity index (χ0n) is 18.6. The molecule has 3 aliphatic rings. The Morgan fingerprint density at radius 1 is 1.24 bits per heavy atom. The van der Waals surface area contributed by atoms with Gasteiger partial charge in [0.25, 0.3) is 0 Å². The molecule has 2 aliphatic heterocycles. The lowest BCUT2D eigenvalue weighted by Crippen LogP contribution is -2.52. The van der Waals surface area contributed by atoms with Crippen LogP contribution in [0.15, 0.2) is 34.6 Å². The number of amides is 1. The first-order valence-electron chi connectivity index (χ1n) is 10.9. The predicted molar refractivity (Wildman–Crippen MR) is 129 cm³/mol. The van der Waals surface area contributed by atoms with Crippen LogP contribution in [0.4, 0.5) is 16.4 Å². The summed E-state index contributed by atoms with van der Waals surface area (Å²) in [5, 5.41) is 6.50. The largest absolute Gasteiger partial charge is 0.495 e. The smallest absolute Gasteiger partial charge is 0.240 e. The third-order valence-corrected chi connectivity index (χ3v) is 7.82. The minimum Gasteiger partial charge on any atom is -0.495 e. The number of nitrogens with zero attached hydrogens (tertiary/aromatic N) is 3. The molecule has 176 valence electrons. The Bertz CT molecular complexity index is 1210. The van der Waals surface area contributed by atoms with E-state index in [2.05, 4.69) is 19.8 Å². The lowest BCUT2D eigenvalue weighted by molar-refractivity contribution is -0.125. The molecule has 11 heteroatoms. The van der Waals surface area contributed by atoms with Crippen molar-refractivity contribution in [2.75, 3.05) is 51.4 Å². The SMILES string of the molecule is COc1csc2c1C(N1CCN(CC3(C(=O)NS(C)(=O)=O)CC3)CC1)=Nc1ccccc1N2. The van der Waals surface area contributed by atoms with E-state index in [1.807, 2.05) is 29.6 Å². The Kier molecular flexibility index (Phi) is 5.58. The van der Waals surface area contributed by atoms with Gasteiger partial charge in [0.05, 0.1) is 35.7 Å². The fourth-order valence-electron chi connectivity index (χ4n) is 4.42. The average molecular weight is 490 g/mol. The highest BCUT2D eigenvalue weighted by molar-refractivity contribution is 7.89. The quantitative estimate of drug-likeness (QED) is 0.665. The number of piperazine rings is 1. The minimum absolute atomic E-state index is 0.379. The summed E-state index contributed by atoms with van der Waals surface area (Å²) in [6.07, 6.45) is 2.46. The number of nitrogens with one attached hydrogen (secondary N) is 2. The molecule has 1 aromatic carbocycles. The van der Waals surface area contributed by atoms with E-state index in [0.717, 1.165) is 78.8 Å². The molecule has 1 saturated carbocycles. The second-order valence-electron chi connectivity index (χ2n) is 8.83. The highest BCUT2D eigenvalue weighted by Crippen LogP contribution is 2.47. The summed E-state index contributed by atoms with van der Waals surface area (Å²) < 4.78 is 30.8. The number of aliphatic imine (C=N–C) groups is 1. The third-order valence-electron chi connectivity index (χ3n) is 6.39. The summed E-state index contributed by atoms with van der Waals surface area (Å²) in [6, 6.07) is 7.99. The number of ether oxygens (including phenoxy) is 1. The maximum Gasteiger partial charge on any atom is 0.240 e. The number of carbonyl (C=O) groups excluding carboxylic acids is 1. The van der Waals surface area contributed by atoms with Crippen LogP contribution in [-0.2, 0) is 14.8 Å². The molecule has 2 N–H and O–H groups in total. The first kappa shape index (κ1) is 22.2. The zero-order valence-corrected chi connectivity index (χ0v) is 20.3. The predicted octanol–water partition coefficient (Wildman–Crippen LogP) is 2.37. The first-order valence-corrected chi connectivity index (χ1v) is 13.7. The number of methoxy groups -OCH3 is 1. The van der Waals surface area contributed by atoms with Crippen molar-refractivity contribution in [2.24, 2.45) is 10.4 Å². The Hall–Kier alpha value is -2.63. The van der Waals surface area contributed by atoms with Crippen molar-refractivity contribution in [3.05, 3.63) is 35.2 Å². The lowest BCUT2D eigenvalue weighted by atomic mass is 10.1.